The molecule has 0 unspecified atom stereocenters. The molecule has 0 fully saturated rings. The number of hydrogen-bond donors (Lipinski definition) is 2. The van der Waals surface area contributed by atoms with Crippen molar-refractivity contribution in [3.05, 3.63) is 82.7 Å². The van der Waals surface area contributed by atoms with Crippen molar-refractivity contribution in [2.24, 2.45) is 0 Å². The third-order valence-electron chi connectivity index (χ3n) is 4.21. The molecule has 4 rings (SSSR count). The molecule has 0 spiro atoms. The summed E-state index contributed by atoms with van der Waals surface area (Å²) in [6.45, 7) is 0. The molecular weight excluding hydrogens is 418 g/mol. The van der Waals surface area contributed by atoms with Gasteiger partial charge in [-0.25, -0.2) is 4.98 Å². The summed E-state index contributed by atoms with van der Waals surface area (Å²) in [7, 11) is 1.59. The third-order valence-corrected chi connectivity index (χ3v) is 6.25. The number of aromatic nitrogens is 1. The van der Waals surface area contributed by atoms with Crippen LogP contribution in [0, 0.1) is 0 Å². The van der Waals surface area contributed by atoms with E-state index in [0.29, 0.717) is 21.8 Å². The van der Waals surface area contributed by atoms with E-state index in [1.807, 2.05) is 17.5 Å². The number of methoxy groups -OCH3 is 1. The Kier molecular flexibility index (Phi) is 5.87. The molecule has 0 saturated heterocycles. The van der Waals surface area contributed by atoms with Crippen molar-refractivity contribution in [2.75, 3.05) is 17.7 Å². The molecule has 0 aliphatic rings. The molecule has 150 valence electrons. The zero-order valence-corrected chi connectivity index (χ0v) is 17.5. The molecule has 0 saturated carbocycles. The van der Waals surface area contributed by atoms with Gasteiger partial charge < -0.3 is 15.4 Å². The number of thiazole rings is 1. The van der Waals surface area contributed by atoms with Gasteiger partial charge in [0.25, 0.3) is 11.8 Å². The predicted octanol–water partition coefficient (Wildman–Crippen LogP) is 5.38. The van der Waals surface area contributed by atoms with Crippen LogP contribution in [-0.4, -0.2) is 23.9 Å². The average molecular weight is 436 g/mol. The van der Waals surface area contributed by atoms with Crippen molar-refractivity contribution in [2.45, 2.75) is 0 Å². The standard InChI is InChI=1S/C22H17N3O3S2/c1-28-17-10-8-16(9-11-17)24-20(26)14-4-6-15(7-5-14)25-21(27)19-13-23-22(30-19)18-3-2-12-29-18/h2-13H,1H3,(H,24,26)(H,25,27). The number of nitrogens with one attached hydrogen (secondary N) is 2. The van der Waals surface area contributed by atoms with Crippen LogP contribution in [-0.2, 0) is 0 Å². The fraction of sp³-hybridized carbons (Fsp3) is 0.0455. The number of thiophene rings is 1. The zero-order valence-electron chi connectivity index (χ0n) is 15.9. The van der Waals surface area contributed by atoms with E-state index in [1.165, 1.54) is 11.3 Å². The van der Waals surface area contributed by atoms with E-state index < -0.39 is 0 Å². The van der Waals surface area contributed by atoms with Crippen molar-refractivity contribution in [3.63, 3.8) is 0 Å². The molecule has 30 heavy (non-hydrogen) atoms. The number of nitrogens with zero attached hydrogens (tertiary/aromatic N) is 1. The molecule has 0 aliphatic carbocycles. The SMILES string of the molecule is COc1ccc(NC(=O)c2ccc(NC(=O)c3cnc(-c4cccs4)s3)cc2)cc1. The first kappa shape index (κ1) is 19.8. The number of amides is 2. The monoisotopic (exact) mass is 435 g/mol. The van der Waals surface area contributed by atoms with Crippen LogP contribution < -0.4 is 15.4 Å². The van der Waals surface area contributed by atoms with Crippen LogP contribution >= 0.6 is 22.7 Å². The Labute approximate surface area is 181 Å². The second-order valence-corrected chi connectivity index (χ2v) is 8.20. The Morgan fingerprint density at radius 2 is 1.57 bits per heavy atom. The molecule has 0 aliphatic heterocycles. The van der Waals surface area contributed by atoms with Gasteiger partial charge in [-0.2, -0.15) is 0 Å². The van der Waals surface area contributed by atoms with Crippen LogP contribution in [0.2, 0.25) is 0 Å². The van der Waals surface area contributed by atoms with Crippen LogP contribution in [0.15, 0.2) is 72.2 Å². The van der Waals surface area contributed by atoms with E-state index in [0.717, 1.165) is 15.6 Å². The highest BCUT2D eigenvalue weighted by Gasteiger charge is 2.13. The van der Waals surface area contributed by atoms with Crippen LogP contribution in [0.4, 0.5) is 11.4 Å². The molecule has 4 aromatic rings. The first-order valence-corrected chi connectivity index (χ1v) is 10.7. The Balaban J connectivity index is 1.38. The van der Waals surface area contributed by atoms with Crippen molar-refractivity contribution in [1.29, 1.82) is 0 Å². The Hall–Kier alpha value is -3.49. The van der Waals surface area contributed by atoms with E-state index >= 15 is 0 Å². The van der Waals surface area contributed by atoms with Gasteiger partial charge in [-0.3, -0.25) is 9.59 Å². The maximum atomic E-state index is 12.5. The molecular formula is C22H17N3O3S2. The summed E-state index contributed by atoms with van der Waals surface area (Å²) in [6, 6.07) is 17.7. The van der Waals surface area contributed by atoms with Crippen LogP contribution in [0.1, 0.15) is 20.0 Å². The molecule has 0 atom stereocenters. The second-order valence-electron chi connectivity index (χ2n) is 6.22. The summed E-state index contributed by atoms with van der Waals surface area (Å²) in [5, 5.41) is 8.45. The van der Waals surface area contributed by atoms with Crippen molar-refractivity contribution < 1.29 is 14.3 Å². The average Bonchev–Trinajstić information content (AvgIpc) is 3.47. The van der Waals surface area contributed by atoms with Crippen molar-refractivity contribution in [3.8, 4) is 15.6 Å². The topological polar surface area (TPSA) is 80.3 Å². The third kappa shape index (κ3) is 4.56. The zero-order chi connectivity index (χ0) is 20.9. The number of benzene rings is 2. The number of hydrogen-bond acceptors (Lipinski definition) is 6. The van der Waals surface area contributed by atoms with Gasteiger partial charge >= 0.3 is 0 Å². The van der Waals surface area contributed by atoms with Crippen molar-refractivity contribution in [1.82, 2.24) is 4.98 Å². The maximum absolute atomic E-state index is 12.5. The van der Waals surface area contributed by atoms with Gasteiger partial charge in [-0.1, -0.05) is 6.07 Å². The Morgan fingerprint density at radius 3 is 2.20 bits per heavy atom. The van der Waals surface area contributed by atoms with Crippen LogP contribution in [0.25, 0.3) is 9.88 Å². The molecule has 0 bridgehead atoms. The fourth-order valence-corrected chi connectivity index (χ4v) is 4.28. The van der Waals surface area contributed by atoms with Crippen LogP contribution in [0.5, 0.6) is 5.75 Å². The largest absolute Gasteiger partial charge is 0.497 e. The molecule has 6 nitrogen and oxygen atoms in total. The number of carbonyl (C=O) groups excluding carboxylic acids is 2. The number of rotatable bonds is 6. The van der Waals surface area contributed by atoms with E-state index in [2.05, 4.69) is 15.6 Å². The number of anilines is 2. The number of carbonyl (C=O) groups is 2. The Bertz CT molecular complexity index is 1150. The van der Waals surface area contributed by atoms with Gasteiger partial charge in [0.1, 0.15) is 15.6 Å². The lowest BCUT2D eigenvalue weighted by Gasteiger charge is -2.08. The quantitative estimate of drug-likeness (QED) is 0.426. The molecule has 2 amide bonds. The lowest BCUT2D eigenvalue weighted by molar-refractivity contribution is 0.102. The van der Waals surface area contributed by atoms with Gasteiger partial charge in [0.15, 0.2) is 0 Å². The smallest absolute Gasteiger partial charge is 0.267 e. The van der Waals surface area contributed by atoms with Gasteiger partial charge in [0.05, 0.1) is 18.2 Å². The van der Waals surface area contributed by atoms with Gasteiger partial charge in [-0.05, 0) is 60.0 Å². The summed E-state index contributed by atoms with van der Waals surface area (Å²) >= 11 is 2.93. The molecule has 2 N–H and O–H groups in total. The molecule has 2 heterocycles. The lowest BCUT2D eigenvalue weighted by atomic mass is 10.2. The second kappa shape index (κ2) is 8.89. The van der Waals surface area contributed by atoms with Gasteiger partial charge in [0, 0.05) is 16.9 Å². The summed E-state index contributed by atoms with van der Waals surface area (Å²) in [5.74, 6) is 0.253. The molecule has 8 heteroatoms. The lowest BCUT2D eigenvalue weighted by Crippen LogP contribution is -2.13. The van der Waals surface area contributed by atoms with Gasteiger partial charge in [-0.15, -0.1) is 22.7 Å². The highest BCUT2D eigenvalue weighted by molar-refractivity contribution is 7.22. The summed E-state index contributed by atoms with van der Waals surface area (Å²) in [6.07, 6.45) is 1.58. The fourth-order valence-electron chi connectivity index (χ4n) is 2.67. The Morgan fingerprint density at radius 1 is 0.900 bits per heavy atom. The molecule has 2 aromatic heterocycles. The van der Waals surface area contributed by atoms with Crippen molar-refractivity contribution >= 4 is 45.9 Å². The normalized spacial score (nSPS) is 10.4. The summed E-state index contributed by atoms with van der Waals surface area (Å²) in [5.41, 5.74) is 1.76. The number of ether oxygens (including phenoxy) is 1. The predicted molar refractivity (Wildman–Crippen MR) is 121 cm³/mol. The minimum atomic E-state index is -0.235. The maximum Gasteiger partial charge on any atom is 0.267 e. The highest BCUT2D eigenvalue weighted by atomic mass is 32.1. The van der Waals surface area contributed by atoms with E-state index in [1.54, 1.807) is 73.2 Å². The van der Waals surface area contributed by atoms with E-state index in [4.69, 9.17) is 4.74 Å². The van der Waals surface area contributed by atoms with E-state index in [9.17, 15) is 9.59 Å². The summed E-state index contributed by atoms with van der Waals surface area (Å²) in [4.78, 5) is 30.8. The first-order chi connectivity index (χ1) is 14.6. The minimum absolute atomic E-state index is 0.231. The molecule has 2 aromatic carbocycles. The van der Waals surface area contributed by atoms with E-state index in [-0.39, 0.29) is 11.8 Å². The minimum Gasteiger partial charge on any atom is -0.497 e. The van der Waals surface area contributed by atoms with Gasteiger partial charge in [0.2, 0.25) is 0 Å². The van der Waals surface area contributed by atoms with Crippen LogP contribution in [0.3, 0.4) is 0 Å². The first-order valence-electron chi connectivity index (χ1n) is 8.99. The highest BCUT2D eigenvalue weighted by Crippen LogP contribution is 2.29. The molecule has 0 radical (unpaired) electrons. The summed E-state index contributed by atoms with van der Waals surface area (Å²) < 4.78 is 5.11.